The smallest absolute Gasteiger partial charge is 0.277 e. The van der Waals surface area contributed by atoms with Gasteiger partial charge in [0, 0.05) is 32.8 Å². The summed E-state index contributed by atoms with van der Waals surface area (Å²) in [4.78, 5) is 12.1. The Morgan fingerprint density at radius 1 is 1.10 bits per heavy atom. The van der Waals surface area contributed by atoms with Gasteiger partial charge in [-0.3, -0.25) is 4.79 Å². The number of ether oxygens (including phenoxy) is 1. The van der Waals surface area contributed by atoms with Crippen molar-refractivity contribution in [1.82, 2.24) is 9.99 Å². The van der Waals surface area contributed by atoms with Crippen molar-refractivity contribution in [2.75, 3.05) is 6.61 Å². The summed E-state index contributed by atoms with van der Waals surface area (Å²) in [7, 11) is 0. The van der Waals surface area contributed by atoms with Crippen LogP contribution < -0.4 is 10.2 Å². The van der Waals surface area contributed by atoms with Gasteiger partial charge in [-0.2, -0.15) is 5.10 Å². The molecular weight excluding hydrogens is 522 g/mol. The second-order valence-corrected chi connectivity index (χ2v) is 8.92. The number of nitrogens with zero attached hydrogens (tertiary/aromatic N) is 2. The van der Waals surface area contributed by atoms with Crippen LogP contribution in [0.4, 0.5) is 0 Å². The first-order valence-electron chi connectivity index (χ1n) is 9.89. The molecule has 158 valence electrons. The van der Waals surface area contributed by atoms with Gasteiger partial charge >= 0.3 is 0 Å². The Kier molecular flexibility index (Phi) is 6.43. The van der Waals surface area contributed by atoms with Gasteiger partial charge in [0.1, 0.15) is 5.75 Å². The maximum absolute atomic E-state index is 12.1. The van der Waals surface area contributed by atoms with Crippen LogP contribution in [0.15, 0.2) is 68.6 Å². The lowest BCUT2D eigenvalue weighted by Gasteiger charge is -2.10. The van der Waals surface area contributed by atoms with E-state index in [2.05, 4.69) is 84.2 Å². The first kappa shape index (κ1) is 21.6. The highest BCUT2D eigenvalue weighted by Crippen LogP contribution is 2.32. The average molecular weight is 543 g/mol. The predicted molar refractivity (Wildman–Crippen MR) is 133 cm³/mol. The van der Waals surface area contributed by atoms with Crippen molar-refractivity contribution in [2.45, 2.75) is 20.4 Å². The fourth-order valence-corrected chi connectivity index (χ4v) is 5.27. The molecule has 0 aliphatic rings. The number of fused-ring (bicyclic) bond motifs is 3. The second-order valence-electron chi connectivity index (χ2n) is 7.15. The SMILES string of the molecule is CCn1c2ccccc2c2cc(/C=N/NC(=O)COc3c(C)cc(Br)cc3Br)ccc21. The summed E-state index contributed by atoms with van der Waals surface area (Å²) in [5.41, 5.74) is 6.78. The van der Waals surface area contributed by atoms with E-state index in [-0.39, 0.29) is 12.5 Å². The lowest BCUT2D eigenvalue weighted by Crippen LogP contribution is -2.24. The van der Waals surface area contributed by atoms with E-state index >= 15 is 0 Å². The van der Waals surface area contributed by atoms with Gasteiger partial charge in [0.05, 0.1) is 10.7 Å². The number of hydrazone groups is 1. The topological polar surface area (TPSA) is 55.6 Å². The van der Waals surface area contributed by atoms with Crippen LogP contribution >= 0.6 is 31.9 Å². The molecule has 0 aliphatic carbocycles. The molecule has 4 aromatic rings. The molecule has 0 fully saturated rings. The van der Waals surface area contributed by atoms with Crippen molar-refractivity contribution in [1.29, 1.82) is 0 Å². The number of aryl methyl sites for hydroxylation is 2. The van der Waals surface area contributed by atoms with Crippen molar-refractivity contribution < 1.29 is 9.53 Å². The minimum Gasteiger partial charge on any atom is -0.482 e. The zero-order chi connectivity index (χ0) is 22.0. The van der Waals surface area contributed by atoms with E-state index < -0.39 is 0 Å². The Hall–Kier alpha value is -2.64. The predicted octanol–water partition coefficient (Wildman–Crippen LogP) is 6.18. The standard InChI is InChI=1S/C24H21Br2N3O2/c1-3-29-21-7-5-4-6-18(21)19-11-16(8-9-22(19)29)13-27-28-23(30)14-31-24-15(2)10-17(25)12-20(24)26/h4-13H,3,14H2,1-2H3,(H,28,30)/b27-13+. The monoisotopic (exact) mass is 541 g/mol. The molecule has 1 aromatic heterocycles. The van der Waals surface area contributed by atoms with Crippen LogP contribution in [0, 0.1) is 6.92 Å². The lowest BCUT2D eigenvalue weighted by molar-refractivity contribution is -0.123. The van der Waals surface area contributed by atoms with Crippen LogP contribution in [0.5, 0.6) is 5.75 Å². The van der Waals surface area contributed by atoms with Gasteiger partial charge in [-0.05, 0) is 71.2 Å². The van der Waals surface area contributed by atoms with Crippen molar-refractivity contribution >= 4 is 65.8 Å². The lowest BCUT2D eigenvalue weighted by atomic mass is 10.1. The van der Waals surface area contributed by atoms with Gasteiger partial charge < -0.3 is 9.30 Å². The molecule has 1 N–H and O–H groups in total. The molecular formula is C24H21Br2N3O2. The first-order chi connectivity index (χ1) is 15.0. The van der Waals surface area contributed by atoms with Crippen molar-refractivity contribution in [3.63, 3.8) is 0 Å². The highest BCUT2D eigenvalue weighted by molar-refractivity contribution is 9.11. The molecule has 0 saturated carbocycles. The normalized spacial score (nSPS) is 11.5. The van der Waals surface area contributed by atoms with Crippen molar-refractivity contribution in [3.05, 3.63) is 74.7 Å². The average Bonchev–Trinajstić information content (AvgIpc) is 3.06. The van der Waals surface area contributed by atoms with Crippen molar-refractivity contribution in [2.24, 2.45) is 5.10 Å². The van der Waals surface area contributed by atoms with E-state index in [0.29, 0.717) is 5.75 Å². The number of carbonyl (C=O) groups is 1. The molecule has 0 atom stereocenters. The molecule has 0 bridgehead atoms. The highest BCUT2D eigenvalue weighted by atomic mass is 79.9. The summed E-state index contributed by atoms with van der Waals surface area (Å²) < 4.78 is 9.68. The molecule has 0 aliphatic heterocycles. The molecule has 0 unspecified atom stereocenters. The number of aromatic nitrogens is 1. The molecule has 3 aromatic carbocycles. The molecule has 1 heterocycles. The van der Waals surface area contributed by atoms with Gasteiger partial charge in [-0.15, -0.1) is 0 Å². The van der Waals surface area contributed by atoms with Gasteiger partial charge in [-0.25, -0.2) is 5.43 Å². The Balaban J connectivity index is 1.45. The number of para-hydroxylation sites is 1. The zero-order valence-corrected chi connectivity index (χ0v) is 20.3. The number of carbonyl (C=O) groups excluding carboxylic acids is 1. The number of benzene rings is 3. The molecule has 1 amide bonds. The third kappa shape index (κ3) is 4.52. The van der Waals surface area contributed by atoms with Crippen LogP contribution in [0.1, 0.15) is 18.1 Å². The minimum absolute atomic E-state index is 0.124. The van der Waals surface area contributed by atoms with E-state index in [1.165, 1.54) is 21.8 Å². The van der Waals surface area contributed by atoms with Crippen LogP contribution in [0.2, 0.25) is 0 Å². The summed E-state index contributed by atoms with van der Waals surface area (Å²) in [5, 5.41) is 6.48. The first-order valence-corrected chi connectivity index (χ1v) is 11.5. The fraction of sp³-hybridized carbons (Fsp3) is 0.167. The summed E-state index contributed by atoms with van der Waals surface area (Å²) in [6.07, 6.45) is 1.65. The molecule has 31 heavy (non-hydrogen) atoms. The van der Waals surface area contributed by atoms with E-state index in [1.807, 2.05) is 31.2 Å². The molecule has 5 nitrogen and oxygen atoms in total. The Labute approximate surface area is 197 Å². The Morgan fingerprint density at radius 3 is 2.65 bits per heavy atom. The fourth-order valence-electron chi connectivity index (χ4n) is 3.71. The van der Waals surface area contributed by atoms with Crippen LogP contribution in [0.3, 0.4) is 0 Å². The van der Waals surface area contributed by atoms with Crippen LogP contribution in [0.25, 0.3) is 21.8 Å². The van der Waals surface area contributed by atoms with Gasteiger partial charge in [-0.1, -0.05) is 40.2 Å². The third-order valence-electron chi connectivity index (χ3n) is 5.06. The molecule has 0 spiro atoms. The van der Waals surface area contributed by atoms with Crippen LogP contribution in [-0.4, -0.2) is 23.3 Å². The number of hydrogen-bond donors (Lipinski definition) is 1. The zero-order valence-electron chi connectivity index (χ0n) is 17.2. The Bertz CT molecular complexity index is 1290. The molecule has 4 rings (SSSR count). The number of hydrogen-bond acceptors (Lipinski definition) is 3. The maximum Gasteiger partial charge on any atom is 0.277 e. The van der Waals surface area contributed by atoms with E-state index in [9.17, 15) is 4.79 Å². The third-order valence-corrected chi connectivity index (χ3v) is 6.10. The minimum atomic E-state index is -0.325. The van der Waals surface area contributed by atoms with E-state index in [1.54, 1.807) is 6.21 Å². The number of halogens is 2. The molecule has 7 heteroatoms. The maximum atomic E-state index is 12.1. The number of nitrogens with one attached hydrogen (secondary N) is 1. The quantitative estimate of drug-likeness (QED) is 0.234. The van der Waals surface area contributed by atoms with Crippen LogP contribution in [-0.2, 0) is 11.3 Å². The van der Waals surface area contributed by atoms with E-state index in [4.69, 9.17) is 4.74 Å². The largest absolute Gasteiger partial charge is 0.482 e. The summed E-state index contributed by atoms with van der Waals surface area (Å²) in [6.45, 7) is 4.85. The number of amides is 1. The van der Waals surface area contributed by atoms with Gasteiger partial charge in [0.15, 0.2) is 6.61 Å². The Morgan fingerprint density at radius 2 is 1.87 bits per heavy atom. The van der Waals surface area contributed by atoms with Crippen molar-refractivity contribution in [3.8, 4) is 5.75 Å². The van der Waals surface area contributed by atoms with Gasteiger partial charge in [0.25, 0.3) is 5.91 Å². The summed E-state index contributed by atoms with van der Waals surface area (Å²) in [6, 6.07) is 18.4. The highest BCUT2D eigenvalue weighted by Gasteiger charge is 2.10. The van der Waals surface area contributed by atoms with Gasteiger partial charge in [0.2, 0.25) is 0 Å². The summed E-state index contributed by atoms with van der Waals surface area (Å²) >= 11 is 6.89. The number of rotatable bonds is 6. The van der Waals surface area contributed by atoms with E-state index in [0.717, 1.165) is 26.6 Å². The summed E-state index contributed by atoms with van der Waals surface area (Å²) in [5.74, 6) is 0.314. The molecule has 0 saturated heterocycles. The molecule has 0 radical (unpaired) electrons. The second kappa shape index (κ2) is 9.24.